The highest BCUT2D eigenvalue weighted by Gasteiger charge is 2.38. The Labute approximate surface area is 210 Å². The van der Waals surface area contributed by atoms with Crippen LogP contribution in [-0.2, 0) is 38.1 Å². The minimum absolute atomic E-state index is 0.185. The highest BCUT2D eigenvalue weighted by atomic mass is 32.2. The lowest BCUT2D eigenvalue weighted by atomic mass is 9.80. The monoisotopic (exact) mass is 554 g/mol. The van der Waals surface area contributed by atoms with Gasteiger partial charge in [-0.3, -0.25) is 9.09 Å². The summed E-state index contributed by atoms with van der Waals surface area (Å²) in [4.78, 5) is 18.5. The first-order valence-electron chi connectivity index (χ1n) is 10.9. The molecule has 0 heterocycles. The van der Waals surface area contributed by atoms with Gasteiger partial charge in [0.1, 0.15) is 5.60 Å². The molecule has 3 aromatic carbocycles. The van der Waals surface area contributed by atoms with E-state index in [9.17, 15) is 22.4 Å². The van der Waals surface area contributed by atoms with Gasteiger partial charge in [0, 0.05) is 6.66 Å². The van der Waals surface area contributed by atoms with E-state index in [0.717, 1.165) is 16.7 Å². The summed E-state index contributed by atoms with van der Waals surface area (Å²) in [7, 11) is -13.0. The summed E-state index contributed by atoms with van der Waals surface area (Å²) in [6, 6.07) is 28.4. The summed E-state index contributed by atoms with van der Waals surface area (Å²) in [6.45, 7) is -0.168. The summed E-state index contributed by atoms with van der Waals surface area (Å²) >= 11 is 0. The van der Waals surface area contributed by atoms with Gasteiger partial charge in [-0.25, -0.2) is 17.3 Å². The molecule has 0 saturated carbocycles. The second kappa shape index (κ2) is 11.9. The molecule has 2 atom stereocenters. The van der Waals surface area contributed by atoms with Crippen LogP contribution in [0.25, 0.3) is 0 Å². The van der Waals surface area contributed by atoms with E-state index in [0.29, 0.717) is 6.66 Å². The molecule has 194 valence electrons. The van der Waals surface area contributed by atoms with Gasteiger partial charge in [0.2, 0.25) is 0 Å². The molecule has 0 amide bonds. The second-order valence-corrected chi connectivity index (χ2v) is 13.7. The van der Waals surface area contributed by atoms with Crippen LogP contribution in [0.2, 0.25) is 0 Å². The maximum absolute atomic E-state index is 12.6. The quantitative estimate of drug-likeness (QED) is 0.233. The van der Waals surface area contributed by atoms with Crippen molar-refractivity contribution in [2.45, 2.75) is 5.60 Å². The molecular weight excluding hydrogens is 526 g/mol. The van der Waals surface area contributed by atoms with Gasteiger partial charge in [0.25, 0.3) is 0 Å². The van der Waals surface area contributed by atoms with Crippen LogP contribution in [0.3, 0.4) is 0 Å². The van der Waals surface area contributed by atoms with Crippen LogP contribution < -0.4 is 0 Å². The van der Waals surface area contributed by atoms with E-state index < -0.39 is 49.0 Å². The molecule has 9 nitrogen and oxygen atoms in total. The molecular formula is C24H28O9P2S. The van der Waals surface area contributed by atoms with Gasteiger partial charge in [-0.05, 0) is 16.7 Å². The largest absolute Gasteiger partial charge is 0.479 e. The smallest absolute Gasteiger partial charge is 0.360 e. The second-order valence-electron chi connectivity index (χ2n) is 7.97. The highest BCUT2D eigenvalue weighted by Crippen LogP contribution is 2.57. The Bertz CT molecular complexity index is 1210. The molecule has 2 N–H and O–H groups in total. The van der Waals surface area contributed by atoms with E-state index in [1.54, 1.807) is 0 Å². The Morgan fingerprint density at radius 3 is 1.50 bits per heavy atom. The third-order valence-electron chi connectivity index (χ3n) is 5.16. The molecule has 0 spiro atoms. The molecule has 36 heavy (non-hydrogen) atoms. The van der Waals surface area contributed by atoms with Gasteiger partial charge in [0.15, 0.2) is 9.84 Å². The number of phosphoric acid groups is 1. The Morgan fingerprint density at radius 2 is 1.11 bits per heavy atom. The van der Waals surface area contributed by atoms with Crippen molar-refractivity contribution in [3.05, 3.63) is 108 Å². The van der Waals surface area contributed by atoms with Crippen molar-refractivity contribution in [2.75, 3.05) is 31.4 Å². The van der Waals surface area contributed by atoms with Crippen LogP contribution in [0.15, 0.2) is 91.0 Å². The first kappa shape index (κ1) is 28.4. The zero-order valence-corrected chi connectivity index (χ0v) is 22.1. The fraction of sp³-hybridized carbons (Fsp3) is 0.250. The summed E-state index contributed by atoms with van der Waals surface area (Å²) < 4.78 is 63.1. The fourth-order valence-corrected chi connectivity index (χ4v) is 6.73. The standard InChI is InChI=1S/C24H28O9P2S/c1-34(25,26)33-35(27,28)32-18-20-36(29,30)19-17-31-24(21-11-5-2-6-12-21,22-13-7-3-8-14-22)23-15-9-4-10-16-23/h2-16H,17-20H2,1H3,(H,25,26)(H,27,28). The molecule has 12 heteroatoms. The first-order valence-corrected chi connectivity index (χ1v) is 16.3. The van der Waals surface area contributed by atoms with E-state index in [2.05, 4.69) is 8.83 Å². The van der Waals surface area contributed by atoms with Crippen LogP contribution in [0, 0.1) is 0 Å². The SMILES string of the molecule is CP(=O)(O)OP(=O)(O)OCCS(=O)(=O)CCOC(c1ccccc1)(c1ccccc1)c1ccccc1. The third-order valence-corrected chi connectivity index (χ3v) is 9.28. The summed E-state index contributed by atoms with van der Waals surface area (Å²) in [6.07, 6.45) is 0. The van der Waals surface area contributed by atoms with Crippen molar-refractivity contribution in [2.24, 2.45) is 0 Å². The van der Waals surface area contributed by atoms with Gasteiger partial charge < -0.3 is 14.5 Å². The highest BCUT2D eigenvalue weighted by molar-refractivity contribution is 7.91. The van der Waals surface area contributed by atoms with Crippen LogP contribution >= 0.6 is 15.4 Å². The van der Waals surface area contributed by atoms with E-state index >= 15 is 0 Å². The number of hydrogen-bond acceptors (Lipinski definition) is 7. The molecule has 0 aliphatic heterocycles. The number of benzene rings is 3. The molecule has 0 aliphatic rings. The zero-order chi connectivity index (χ0) is 26.3. The van der Waals surface area contributed by atoms with Crippen LogP contribution in [0.1, 0.15) is 16.7 Å². The molecule has 0 saturated heterocycles. The maximum atomic E-state index is 12.6. The van der Waals surface area contributed by atoms with E-state index in [1.807, 2.05) is 91.0 Å². The lowest BCUT2D eigenvalue weighted by Crippen LogP contribution is -2.35. The Kier molecular flexibility index (Phi) is 9.44. The Balaban J connectivity index is 1.80. The van der Waals surface area contributed by atoms with Gasteiger partial charge in [-0.1, -0.05) is 91.0 Å². The maximum Gasteiger partial charge on any atom is 0.479 e. The van der Waals surface area contributed by atoms with Crippen molar-refractivity contribution < 1.29 is 40.9 Å². The van der Waals surface area contributed by atoms with Crippen LogP contribution in [-0.4, -0.2) is 49.6 Å². The van der Waals surface area contributed by atoms with Gasteiger partial charge in [0.05, 0.1) is 24.7 Å². The molecule has 3 rings (SSSR count). The Morgan fingerprint density at radius 1 is 0.722 bits per heavy atom. The number of ether oxygens (including phenoxy) is 1. The molecule has 2 unspecified atom stereocenters. The number of phosphoric ester groups is 1. The predicted octanol–water partition coefficient (Wildman–Crippen LogP) is 4.36. The number of hydrogen-bond donors (Lipinski definition) is 2. The zero-order valence-electron chi connectivity index (χ0n) is 19.5. The molecule has 0 aromatic heterocycles. The summed E-state index contributed by atoms with van der Waals surface area (Å²) in [5.74, 6) is -1.01. The average Bonchev–Trinajstić information content (AvgIpc) is 2.82. The van der Waals surface area contributed by atoms with Crippen molar-refractivity contribution in [1.82, 2.24) is 0 Å². The first-order chi connectivity index (χ1) is 16.9. The molecule has 0 radical (unpaired) electrons. The number of sulfone groups is 1. The van der Waals surface area contributed by atoms with Gasteiger partial charge in [-0.15, -0.1) is 0 Å². The molecule has 3 aromatic rings. The van der Waals surface area contributed by atoms with Crippen molar-refractivity contribution in [1.29, 1.82) is 0 Å². The topological polar surface area (TPSA) is 136 Å². The normalized spacial score (nSPS) is 15.6. The van der Waals surface area contributed by atoms with Crippen molar-refractivity contribution in [3.8, 4) is 0 Å². The summed E-state index contributed by atoms with van der Waals surface area (Å²) in [5.41, 5.74) is 1.35. The molecule has 0 aliphatic carbocycles. The number of rotatable bonds is 13. The van der Waals surface area contributed by atoms with Crippen molar-refractivity contribution >= 4 is 25.3 Å². The molecule has 0 fully saturated rings. The predicted molar refractivity (Wildman–Crippen MR) is 136 cm³/mol. The van der Waals surface area contributed by atoms with Gasteiger partial charge >= 0.3 is 15.4 Å². The van der Waals surface area contributed by atoms with Crippen LogP contribution in [0.5, 0.6) is 0 Å². The minimum Gasteiger partial charge on any atom is -0.360 e. The van der Waals surface area contributed by atoms with E-state index in [1.165, 1.54) is 0 Å². The fourth-order valence-electron chi connectivity index (χ4n) is 3.69. The van der Waals surface area contributed by atoms with Crippen LogP contribution in [0.4, 0.5) is 0 Å². The van der Waals surface area contributed by atoms with E-state index in [-0.39, 0.29) is 6.61 Å². The summed E-state index contributed by atoms with van der Waals surface area (Å²) in [5, 5.41) is 0. The third kappa shape index (κ3) is 7.93. The van der Waals surface area contributed by atoms with Gasteiger partial charge in [-0.2, -0.15) is 0 Å². The minimum atomic E-state index is -4.88. The van der Waals surface area contributed by atoms with E-state index in [4.69, 9.17) is 9.63 Å². The average molecular weight is 554 g/mol. The molecule has 0 bridgehead atoms. The Hall–Kier alpha value is -2.13. The lowest BCUT2D eigenvalue weighted by Gasteiger charge is -2.36. The lowest BCUT2D eigenvalue weighted by molar-refractivity contribution is 0.0227. The van der Waals surface area contributed by atoms with Crippen molar-refractivity contribution in [3.63, 3.8) is 0 Å².